The first-order chi connectivity index (χ1) is 8.18. The summed E-state index contributed by atoms with van der Waals surface area (Å²) >= 11 is 1.78. The molecule has 0 fully saturated rings. The molecule has 0 aliphatic heterocycles. The van der Waals surface area contributed by atoms with Crippen molar-refractivity contribution in [2.75, 3.05) is 6.54 Å². The average molecular weight is 245 g/mol. The molecule has 0 saturated heterocycles. The lowest BCUT2D eigenvalue weighted by Crippen LogP contribution is -2.19. The van der Waals surface area contributed by atoms with Crippen LogP contribution in [-0.4, -0.2) is 12.5 Å². The van der Waals surface area contributed by atoms with E-state index in [0.717, 1.165) is 0 Å². The number of amides is 1. The molecule has 1 amide bonds. The summed E-state index contributed by atoms with van der Waals surface area (Å²) in [7, 11) is 0. The van der Waals surface area contributed by atoms with E-state index in [1.807, 2.05) is 6.08 Å². The molecule has 0 unspecified atom stereocenters. The summed E-state index contributed by atoms with van der Waals surface area (Å²) in [5.74, 6) is 0.00251. The van der Waals surface area contributed by atoms with Crippen LogP contribution in [0, 0.1) is 6.92 Å². The molecule has 17 heavy (non-hydrogen) atoms. The number of carbonyl (C=O) groups excluding carboxylic acids is 1. The van der Waals surface area contributed by atoms with E-state index < -0.39 is 0 Å². The monoisotopic (exact) mass is 245 g/mol. The highest BCUT2D eigenvalue weighted by Gasteiger charge is 2.04. The molecule has 0 aliphatic rings. The third kappa shape index (κ3) is 2.74. The van der Waals surface area contributed by atoms with Crippen molar-refractivity contribution in [1.82, 2.24) is 5.32 Å². The lowest BCUT2D eigenvalue weighted by molar-refractivity contribution is -0.118. The molecular weight excluding hydrogens is 230 g/mol. The van der Waals surface area contributed by atoms with E-state index in [9.17, 15) is 4.79 Å². The van der Waals surface area contributed by atoms with Crippen LogP contribution in [0.25, 0.3) is 16.2 Å². The highest BCUT2D eigenvalue weighted by Crippen LogP contribution is 2.31. The van der Waals surface area contributed by atoms with Crippen molar-refractivity contribution in [3.05, 3.63) is 40.8 Å². The zero-order valence-corrected chi connectivity index (χ0v) is 10.8. The minimum Gasteiger partial charge on any atom is -0.353 e. The predicted molar refractivity (Wildman–Crippen MR) is 74.3 cm³/mol. The summed E-state index contributed by atoms with van der Waals surface area (Å²) in [5.41, 5.74) is 1.31. The van der Waals surface area contributed by atoms with Crippen LogP contribution in [0.2, 0.25) is 0 Å². The summed E-state index contributed by atoms with van der Waals surface area (Å²) in [6, 6.07) is 8.40. The van der Waals surface area contributed by atoms with Crippen molar-refractivity contribution in [3.8, 4) is 0 Å². The van der Waals surface area contributed by atoms with Gasteiger partial charge in [-0.1, -0.05) is 24.3 Å². The minimum absolute atomic E-state index is 0.00251. The van der Waals surface area contributed by atoms with Crippen LogP contribution < -0.4 is 5.32 Å². The van der Waals surface area contributed by atoms with Crippen molar-refractivity contribution in [1.29, 1.82) is 0 Å². The maximum atomic E-state index is 10.7. The molecule has 1 N–H and O–H groups in total. The molecule has 3 heteroatoms. The van der Waals surface area contributed by atoms with Crippen LogP contribution in [0.5, 0.6) is 0 Å². The van der Waals surface area contributed by atoms with Crippen molar-refractivity contribution < 1.29 is 4.79 Å². The lowest BCUT2D eigenvalue weighted by atomic mass is 10.1. The fourth-order valence-corrected chi connectivity index (χ4v) is 2.86. The Kier molecular flexibility index (Phi) is 3.59. The maximum Gasteiger partial charge on any atom is 0.217 e. The van der Waals surface area contributed by atoms with Gasteiger partial charge >= 0.3 is 0 Å². The molecule has 88 valence electrons. The Morgan fingerprint density at radius 3 is 2.88 bits per heavy atom. The third-order valence-electron chi connectivity index (χ3n) is 2.62. The molecule has 0 saturated carbocycles. The fourth-order valence-electron chi connectivity index (χ4n) is 1.72. The minimum atomic E-state index is 0.00251. The van der Waals surface area contributed by atoms with E-state index in [-0.39, 0.29) is 5.91 Å². The Balaban J connectivity index is 2.19. The Morgan fingerprint density at radius 2 is 2.18 bits per heavy atom. The summed E-state index contributed by atoms with van der Waals surface area (Å²) in [5, 5.41) is 4.06. The van der Waals surface area contributed by atoms with Crippen LogP contribution in [0.15, 0.2) is 30.3 Å². The summed E-state index contributed by atoms with van der Waals surface area (Å²) in [6.07, 6.45) is 4.06. The molecule has 2 nitrogen and oxygen atoms in total. The highest BCUT2D eigenvalue weighted by molar-refractivity contribution is 7.20. The van der Waals surface area contributed by atoms with Crippen molar-refractivity contribution in [2.24, 2.45) is 0 Å². The highest BCUT2D eigenvalue weighted by atomic mass is 32.1. The zero-order chi connectivity index (χ0) is 12.3. The molecular formula is C14H15NOS. The molecule has 0 atom stereocenters. The van der Waals surface area contributed by atoms with Gasteiger partial charge in [-0.05, 0) is 30.0 Å². The van der Waals surface area contributed by atoms with Crippen LogP contribution in [0.3, 0.4) is 0 Å². The summed E-state index contributed by atoms with van der Waals surface area (Å²) < 4.78 is 1.31. The van der Waals surface area contributed by atoms with Gasteiger partial charge in [-0.25, -0.2) is 0 Å². The normalized spacial score (nSPS) is 11.2. The van der Waals surface area contributed by atoms with Gasteiger partial charge in [0.2, 0.25) is 5.91 Å². The van der Waals surface area contributed by atoms with Crippen LogP contribution in [0.4, 0.5) is 0 Å². The van der Waals surface area contributed by atoms with E-state index in [1.54, 1.807) is 11.3 Å². The van der Waals surface area contributed by atoms with E-state index in [0.29, 0.717) is 6.54 Å². The number of thiophene rings is 1. The predicted octanol–water partition coefficient (Wildman–Crippen LogP) is 3.36. The number of carbonyl (C=O) groups is 1. The second-order valence-corrected chi connectivity index (χ2v) is 5.01. The van der Waals surface area contributed by atoms with Gasteiger partial charge in [-0.3, -0.25) is 4.79 Å². The first kappa shape index (κ1) is 11.9. The van der Waals surface area contributed by atoms with Crippen molar-refractivity contribution in [2.45, 2.75) is 13.8 Å². The second kappa shape index (κ2) is 5.15. The van der Waals surface area contributed by atoms with Crippen molar-refractivity contribution >= 4 is 33.4 Å². The number of benzene rings is 1. The van der Waals surface area contributed by atoms with Gasteiger partial charge in [-0.15, -0.1) is 11.3 Å². The van der Waals surface area contributed by atoms with Crippen LogP contribution in [-0.2, 0) is 4.79 Å². The molecule has 0 spiro atoms. The van der Waals surface area contributed by atoms with Gasteiger partial charge in [0.25, 0.3) is 0 Å². The number of hydrogen-bond acceptors (Lipinski definition) is 2. The summed E-state index contributed by atoms with van der Waals surface area (Å²) in [6.45, 7) is 4.25. The summed E-state index contributed by atoms with van der Waals surface area (Å²) in [4.78, 5) is 12.0. The van der Waals surface area contributed by atoms with Gasteiger partial charge in [-0.2, -0.15) is 0 Å². The van der Waals surface area contributed by atoms with Gasteiger partial charge in [0.05, 0.1) is 0 Å². The largest absolute Gasteiger partial charge is 0.353 e. The second-order valence-electron chi connectivity index (χ2n) is 3.93. The standard InChI is InChI=1S/C14H15NOS/c1-10-12-6-3-4-7-14(12)17-13(10)8-5-9-15-11(2)16/h3-8H,9H2,1-2H3,(H,15,16). The van der Waals surface area contributed by atoms with Crippen LogP contribution in [0.1, 0.15) is 17.4 Å². The van der Waals surface area contributed by atoms with Gasteiger partial charge < -0.3 is 5.32 Å². The Labute approximate surface area is 105 Å². The SMILES string of the molecule is CC(=O)NCC=Cc1sc2ccccc2c1C. The van der Waals surface area contributed by atoms with E-state index in [2.05, 4.69) is 42.6 Å². The third-order valence-corrected chi connectivity index (χ3v) is 3.86. The molecule has 1 aromatic carbocycles. The van der Waals surface area contributed by atoms with E-state index in [1.165, 1.54) is 27.5 Å². The number of nitrogens with one attached hydrogen (secondary N) is 1. The number of hydrogen-bond donors (Lipinski definition) is 1. The quantitative estimate of drug-likeness (QED) is 0.882. The molecule has 2 aromatic rings. The first-order valence-electron chi connectivity index (χ1n) is 5.57. The van der Waals surface area contributed by atoms with E-state index >= 15 is 0 Å². The molecule has 2 rings (SSSR count). The number of rotatable bonds is 3. The molecule has 0 bridgehead atoms. The van der Waals surface area contributed by atoms with Gasteiger partial charge in [0, 0.05) is 23.0 Å². The number of aryl methyl sites for hydroxylation is 1. The zero-order valence-electron chi connectivity index (χ0n) is 9.99. The maximum absolute atomic E-state index is 10.7. The molecule has 0 aliphatic carbocycles. The van der Waals surface area contributed by atoms with Crippen LogP contribution >= 0.6 is 11.3 Å². The molecule has 1 aromatic heterocycles. The average Bonchev–Trinajstić information content (AvgIpc) is 2.63. The van der Waals surface area contributed by atoms with Gasteiger partial charge in [0.1, 0.15) is 0 Å². The van der Waals surface area contributed by atoms with Gasteiger partial charge in [0.15, 0.2) is 0 Å². The smallest absolute Gasteiger partial charge is 0.217 e. The number of fused-ring (bicyclic) bond motifs is 1. The Hall–Kier alpha value is -1.61. The topological polar surface area (TPSA) is 29.1 Å². The molecule has 0 radical (unpaired) electrons. The van der Waals surface area contributed by atoms with Crippen molar-refractivity contribution in [3.63, 3.8) is 0 Å². The first-order valence-corrected chi connectivity index (χ1v) is 6.39. The Bertz CT molecular complexity index is 569. The Morgan fingerprint density at radius 1 is 1.41 bits per heavy atom. The lowest BCUT2D eigenvalue weighted by Gasteiger charge is -1.94. The van der Waals surface area contributed by atoms with E-state index in [4.69, 9.17) is 0 Å². The molecule has 1 heterocycles. The fraction of sp³-hybridized carbons (Fsp3) is 0.214.